The van der Waals surface area contributed by atoms with Gasteiger partial charge in [-0.3, -0.25) is 0 Å². The second-order valence-electron chi connectivity index (χ2n) is 4.11. The molecule has 0 aromatic heterocycles. The minimum absolute atomic E-state index is 0.138. The summed E-state index contributed by atoms with van der Waals surface area (Å²) in [7, 11) is -3.48. The molecule has 98 valence electrons. The molecule has 0 fully saturated rings. The summed E-state index contributed by atoms with van der Waals surface area (Å²) in [6.07, 6.45) is 0. The number of hydrogen-bond acceptors (Lipinski definition) is 4. The van der Waals surface area contributed by atoms with Gasteiger partial charge in [0, 0.05) is 23.0 Å². The number of nitrogens with zero attached hydrogens (tertiary/aromatic N) is 1. The van der Waals surface area contributed by atoms with Crippen LogP contribution in [0.25, 0.3) is 10.8 Å². The lowest BCUT2D eigenvalue weighted by atomic mass is 10.0. The molecule has 5 nitrogen and oxygen atoms in total. The van der Waals surface area contributed by atoms with Crippen molar-refractivity contribution in [3.8, 4) is 6.07 Å². The maximum atomic E-state index is 10.9. The average Bonchev–Trinajstić information content (AvgIpc) is 2.37. The Hall–Kier alpha value is -2.10. The second-order valence-corrected chi connectivity index (χ2v) is 5.85. The monoisotopic (exact) mass is 275 g/mol. The van der Waals surface area contributed by atoms with Crippen molar-refractivity contribution in [1.82, 2.24) is 0 Å². The number of nitriles is 1. The van der Waals surface area contributed by atoms with Gasteiger partial charge < -0.3 is 5.32 Å². The molecule has 0 aliphatic heterocycles. The molecule has 0 spiro atoms. The van der Waals surface area contributed by atoms with Crippen LogP contribution in [0.4, 0.5) is 5.69 Å². The molecule has 0 saturated carbocycles. The van der Waals surface area contributed by atoms with Gasteiger partial charge >= 0.3 is 0 Å². The lowest BCUT2D eigenvalue weighted by Gasteiger charge is -2.10. The lowest BCUT2D eigenvalue weighted by Crippen LogP contribution is -2.22. The van der Waals surface area contributed by atoms with E-state index >= 15 is 0 Å². The van der Waals surface area contributed by atoms with Crippen LogP contribution in [0.1, 0.15) is 5.56 Å². The molecule has 6 heteroatoms. The summed E-state index contributed by atoms with van der Waals surface area (Å²) >= 11 is 0. The summed E-state index contributed by atoms with van der Waals surface area (Å²) in [6, 6.07) is 13.1. The summed E-state index contributed by atoms with van der Waals surface area (Å²) < 4.78 is 21.8. The first-order valence-electron chi connectivity index (χ1n) is 5.67. The number of primary sulfonamides is 1. The molecule has 0 aliphatic carbocycles. The Morgan fingerprint density at radius 2 is 1.84 bits per heavy atom. The van der Waals surface area contributed by atoms with Gasteiger partial charge in [-0.2, -0.15) is 5.26 Å². The molecule has 0 saturated heterocycles. The first-order chi connectivity index (χ1) is 9.01. The van der Waals surface area contributed by atoms with Crippen LogP contribution >= 0.6 is 0 Å². The van der Waals surface area contributed by atoms with Crippen LogP contribution in [-0.4, -0.2) is 20.7 Å². The zero-order valence-corrected chi connectivity index (χ0v) is 10.9. The molecular formula is C13H13N3O2S. The second kappa shape index (κ2) is 5.26. The zero-order chi connectivity index (χ0) is 13.9. The normalized spacial score (nSPS) is 11.2. The van der Waals surface area contributed by atoms with Crippen molar-refractivity contribution in [3.05, 3.63) is 42.0 Å². The predicted molar refractivity (Wildman–Crippen MR) is 75.1 cm³/mol. The van der Waals surface area contributed by atoms with Crippen LogP contribution in [0, 0.1) is 11.3 Å². The van der Waals surface area contributed by atoms with Crippen molar-refractivity contribution in [2.75, 3.05) is 17.6 Å². The van der Waals surface area contributed by atoms with Gasteiger partial charge in [-0.05, 0) is 12.1 Å². The average molecular weight is 275 g/mol. The van der Waals surface area contributed by atoms with Crippen molar-refractivity contribution >= 4 is 26.5 Å². The fraction of sp³-hybridized carbons (Fsp3) is 0.154. The molecule has 2 aromatic rings. The third-order valence-electron chi connectivity index (χ3n) is 2.75. The van der Waals surface area contributed by atoms with Gasteiger partial charge in [0.25, 0.3) is 0 Å². The van der Waals surface area contributed by atoms with Crippen LogP contribution in [-0.2, 0) is 10.0 Å². The molecule has 0 heterocycles. The Morgan fingerprint density at radius 1 is 1.16 bits per heavy atom. The Morgan fingerprint density at radius 3 is 2.47 bits per heavy atom. The fourth-order valence-corrected chi connectivity index (χ4v) is 2.27. The minimum atomic E-state index is -3.48. The number of benzene rings is 2. The highest BCUT2D eigenvalue weighted by atomic mass is 32.2. The maximum absolute atomic E-state index is 10.9. The van der Waals surface area contributed by atoms with E-state index in [0.717, 1.165) is 16.5 Å². The van der Waals surface area contributed by atoms with Crippen LogP contribution in [0.2, 0.25) is 0 Å². The first kappa shape index (κ1) is 13.3. The Balaban J connectivity index is 2.33. The van der Waals surface area contributed by atoms with Gasteiger partial charge in [0.05, 0.1) is 17.4 Å². The zero-order valence-electron chi connectivity index (χ0n) is 10.1. The van der Waals surface area contributed by atoms with Crippen molar-refractivity contribution in [3.63, 3.8) is 0 Å². The van der Waals surface area contributed by atoms with E-state index in [2.05, 4.69) is 11.4 Å². The molecule has 0 atom stereocenters. The number of anilines is 1. The van der Waals surface area contributed by atoms with Crippen molar-refractivity contribution in [2.24, 2.45) is 5.14 Å². The molecule has 19 heavy (non-hydrogen) atoms. The summed E-state index contributed by atoms with van der Waals surface area (Å²) in [5, 5.41) is 18.7. The summed E-state index contributed by atoms with van der Waals surface area (Å²) in [6.45, 7) is 0.231. The topological polar surface area (TPSA) is 96.0 Å². The Kier molecular flexibility index (Phi) is 3.69. The van der Waals surface area contributed by atoms with Gasteiger partial charge in [-0.25, -0.2) is 13.6 Å². The summed E-state index contributed by atoms with van der Waals surface area (Å²) in [5.41, 5.74) is 1.38. The van der Waals surface area contributed by atoms with E-state index in [0.29, 0.717) is 5.56 Å². The van der Waals surface area contributed by atoms with Crippen LogP contribution in [0.15, 0.2) is 36.4 Å². The van der Waals surface area contributed by atoms with Gasteiger partial charge in [-0.1, -0.05) is 24.3 Å². The van der Waals surface area contributed by atoms with Crippen molar-refractivity contribution < 1.29 is 8.42 Å². The standard InChI is InChI=1S/C13H13N3O2S/c14-9-10-5-6-13(16-7-8-19(15,17)18)12-4-2-1-3-11(10)12/h1-6,16H,7-8H2,(H2,15,17,18). The Bertz CT molecular complexity index is 748. The highest BCUT2D eigenvalue weighted by Gasteiger charge is 2.06. The molecular weight excluding hydrogens is 262 g/mol. The van der Waals surface area contributed by atoms with E-state index in [4.69, 9.17) is 10.4 Å². The van der Waals surface area contributed by atoms with E-state index < -0.39 is 10.0 Å². The first-order valence-corrected chi connectivity index (χ1v) is 7.39. The predicted octanol–water partition coefficient (Wildman–Crippen LogP) is 1.41. The molecule has 0 radical (unpaired) electrons. The van der Waals surface area contributed by atoms with Gasteiger partial charge in [-0.15, -0.1) is 0 Å². The van der Waals surface area contributed by atoms with Gasteiger partial charge in [0.2, 0.25) is 10.0 Å². The highest BCUT2D eigenvalue weighted by Crippen LogP contribution is 2.26. The van der Waals surface area contributed by atoms with E-state index in [9.17, 15) is 8.42 Å². The molecule has 2 rings (SSSR count). The lowest BCUT2D eigenvalue weighted by molar-refractivity contribution is 0.598. The molecule has 0 amide bonds. The van der Waals surface area contributed by atoms with Gasteiger partial charge in [0.15, 0.2) is 0 Å². The fourth-order valence-electron chi connectivity index (χ4n) is 1.88. The molecule has 0 unspecified atom stereocenters. The highest BCUT2D eigenvalue weighted by molar-refractivity contribution is 7.89. The third-order valence-corrected chi connectivity index (χ3v) is 3.52. The van der Waals surface area contributed by atoms with Crippen molar-refractivity contribution in [2.45, 2.75) is 0 Å². The smallest absolute Gasteiger partial charge is 0.210 e. The van der Waals surface area contributed by atoms with Crippen molar-refractivity contribution in [1.29, 1.82) is 5.26 Å². The largest absolute Gasteiger partial charge is 0.383 e. The van der Waals surface area contributed by atoms with Crippen LogP contribution < -0.4 is 10.5 Å². The van der Waals surface area contributed by atoms with Gasteiger partial charge in [0.1, 0.15) is 0 Å². The number of rotatable bonds is 4. The summed E-state index contributed by atoms with van der Waals surface area (Å²) in [5.74, 6) is -0.138. The quantitative estimate of drug-likeness (QED) is 0.881. The van der Waals surface area contributed by atoms with E-state index in [1.165, 1.54) is 0 Å². The number of hydrogen-bond donors (Lipinski definition) is 2. The number of nitrogens with one attached hydrogen (secondary N) is 1. The molecule has 0 aliphatic rings. The number of fused-ring (bicyclic) bond motifs is 1. The minimum Gasteiger partial charge on any atom is -0.383 e. The van der Waals surface area contributed by atoms with Crippen LogP contribution in [0.5, 0.6) is 0 Å². The van der Waals surface area contributed by atoms with E-state index in [1.54, 1.807) is 12.1 Å². The molecule has 2 aromatic carbocycles. The van der Waals surface area contributed by atoms with E-state index in [1.807, 2.05) is 24.3 Å². The molecule has 0 bridgehead atoms. The maximum Gasteiger partial charge on any atom is 0.210 e. The summed E-state index contributed by atoms with van der Waals surface area (Å²) in [4.78, 5) is 0. The Labute approximate surface area is 111 Å². The molecule has 3 N–H and O–H groups in total. The number of nitrogens with two attached hydrogens (primary N) is 1. The number of sulfonamides is 1. The SMILES string of the molecule is N#Cc1ccc(NCCS(N)(=O)=O)c2ccccc12. The third kappa shape index (κ3) is 3.22. The van der Waals surface area contributed by atoms with E-state index in [-0.39, 0.29) is 12.3 Å². The van der Waals surface area contributed by atoms with Crippen LogP contribution in [0.3, 0.4) is 0 Å².